The number of nitrogens with one attached hydrogen (secondary N) is 1. The molecule has 7 nitrogen and oxygen atoms in total. The Morgan fingerprint density at radius 3 is 2.32 bits per heavy atom. The van der Waals surface area contributed by atoms with Crippen LogP contribution in [-0.2, 0) is 10.0 Å². The number of methoxy groups -OCH3 is 2. The van der Waals surface area contributed by atoms with Crippen LogP contribution in [0.3, 0.4) is 0 Å². The molecule has 0 atom stereocenters. The van der Waals surface area contributed by atoms with Gasteiger partial charge in [-0.25, -0.2) is 13.1 Å². The Labute approximate surface area is 176 Å². The molecule has 10 heteroatoms. The summed E-state index contributed by atoms with van der Waals surface area (Å²) in [4.78, 5) is 14.6. The lowest BCUT2D eigenvalue weighted by Gasteiger charge is -2.32. The number of amides is 1. The largest absolute Gasteiger partial charge is 0.495 e. The van der Waals surface area contributed by atoms with E-state index in [1.807, 2.05) is 0 Å². The second-order valence-corrected chi connectivity index (χ2v) is 10.00. The summed E-state index contributed by atoms with van der Waals surface area (Å²) in [6.45, 7) is 0.939. The first-order chi connectivity index (χ1) is 13.4. The molecule has 0 radical (unpaired) electrons. The molecule has 152 valence electrons. The predicted octanol–water partition coefficient (Wildman–Crippen LogP) is 3.11. The number of piperidine rings is 1. The average Bonchev–Trinajstić information content (AvgIpc) is 3.24. The van der Waals surface area contributed by atoms with Crippen molar-refractivity contribution in [1.29, 1.82) is 0 Å². The number of ether oxygens (including phenoxy) is 2. The summed E-state index contributed by atoms with van der Waals surface area (Å²) < 4.78 is 39.0. The fourth-order valence-electron chi connectivity index (χ4n) is 3.07. The van der Waals surface area contributed by atoms with Gasteiger partial charge in [-0.05, 0) is 52.4 Å². The molecule has 0 bridgehead atoms. The maximum absolute atomic E-state index is 12.9. The molecule has 1 fully saturated rings. The number of carbonyl (C=O) groups is 1. The van der Waals surface area contributed by atoms with E-state index in [1.165, 1.54) is 25.6 Å². The molecule has 1 saturated heterocycles. The van der Waals surface area contributed by atoms with E-state index in [4.69, 9.17) is 9.47 Å². The first kappa shape index (κ1) is 21.1. The zero-order chi connectivity index (χ0) is 20.3. The summed E-state index contributed by atoms with van der Waals surface area (Å²) in [5.74, 6) is 0.895. The van der Waals surface area contributed by atoms with Gasteiger partial charge in [-0.1, -0.05) is 6.07 Å². The van der Waals surface area contributed by atoms with Crippen LogP contribution < -0.4 is 14.2 Å². The van der Waals surface area contributed by atoms with Gasteiger partial charge in [0.1, 0.15) is 20.2 Å². The maximum Gasteiger partial charge on any atom is 0.254 e. The number of benzene rings is 1. The van der Waals surface area contributed by atoms with E-state index < -0.39 is 10.0 Å². The Bertz CT molecular complexity index is 914. The topological polar surface area (TPSA) is 84.9 Å². The predicted molar refractivity (Wildman–Crippen MR) is 111 cm³/mol. The highest BCUT2D eigenvalue weighted by Crippen LogP contribution is 2.36. The van der Waals surface area contributed by atoms with Crippen molar-refractivity contribution in [3.63, 3.8) is 0 Å². The van der Waals surface area contributed by atoms with Crippen LogP contribution in [-0.4, -0.2) is 52.6 Å². The fraction of sp³-hybridized carbons (Fsp3) is 0.389. The van der Waals surface area contributed by atoms with Crippen LogP contribution in [0.5, 0.6) is 11.5 Å². The van der Waals surface area contributed by atoms with Gasteiger partial charge in [-0.15, -0.1) is 11.3 Å². The number of sulfonamides is 1. The van der Waals surface area contributed by atoms with E-state index >= 15 is 0 Å². The smallest absolute Gasteiger partial charge is 0.254 e. The van der Waals surface area contributed by atoms with E-state index in [0.29, 0.717) is 51.7 Å². The van der Waals surface area contributed by atoms with E-state index in [-0.39, 0.29) is 11.9 Å². The maximum atomic E-state index is 12.9. The first-order valence-electron chi connectivity index (χ1n) is 8.62. The van der Waals surface area contributed by atoms with Gasteiger partial charge in [-0.3, -0.25) is 4.79 Å². The fourth-order valence-corrected chi connectivity index (χ4v) is 5.94. The molecule has 1 aromatic heterocycles. The number of thiophene rings is 1. The van der Waals surface area contributed by atoms with Crippen molar-refractivity contribution in [1.82, 2.24) is 9.62 Å². The lowest BCUT2D eigenvalue weighted by molar-refractivity contribution is 0.0710. The van der Waals surface area contributed by atoms with Crippen LogP contribution >= 0.6 is 27.3 Å². The quantitative estimate of drug-likeness (QED) is 0.674. The lowest BCUT2D eigenvalue weighted by Crippen LogP contribution is -2.46. The molecule has 1 N–H and O–H groups in total. The Morgan fingerprint density at radius 2 is 1.82 bits per heavy atom. The molecular formula is C18H21BrN2O5S2. The zero-order valence-electron chi connectivity index (χ0n) is 15.5. The van der Waals surface area contributed by atoms with Crippen molar-refractivity contribution >= 4 is 43.2 Å². The number of likely N-dealkylation sites (tertiary alicyclic amines) is 1. The summed E-state index contributed by atoms with van der Waals surface area (Å²) in [5.41, 5.74) is 0.467. The highest BCUT2D eigenvalue weighted by Gasteiger charge is 2.28. The number of nitrogens with zero attached hydrogens (tertiary/aromatic N) is 1. The van der Waals surface area contributed by atoms with Crippen molar-refractivity contribution in [3.8, 4) is 11.5 Å². The van der Waals surface area contributed by atoms with E-state index in [0.717, 1.165) is 0 Å². The van der Waals surface area contributed by atoms with Crippen LogP contribution in [0.15, 0.2) is 38.3 Å². The SMILES string of the molecule is COc1cc(C(=O)N2CCC(NS(=O)(=O)c3cccs3)CC2)cc(OC)c1Br. The number of hydrogen-bond donors (Lipinski definition) is 1. The molecule has 2 aromatic rings. The minimum Gasteiger partial charge on any atom is -0.495 e. The summed E-state index contributed by atoms with van der Waals surface area (Å²) in [6, 6.07) is 6.44. The molecule has 0 unspecified atom stereocenters. The number of hydrogen-bond acceptors (Lipinski definition) is 6. The van der Waals surface area contributed by atoms with Gasteiger partial charge < -0.3 is 14.4 Å². The van der Waals surface area contributed by atoms with E-state index in [9.17, 15) is 13.2 Å². The molecule has 0 saturated carbocycles. The van der Waals surface area contributed by atoms with Crippen LogP contribution in [0, 0.1) is 0 Å². The minimum absolute atomic E-state index is 0.135. The van der Waals surface area contributed by atoms with Gasteiger partial charge in [0, 0.05) is 24.7 Å². The van der Waals surface area contributed by atoms with E-state index in [1.54, 1.807) is 34.5 Å². The van der Waals surface area contributed by atoms with Crippen LogP contribution in [0.2, 0.25) is 0 Å². The number of rotatable bonds is 6. The van der Waals surface area contributed by atoms with Gasteiger partial charge in [0.05, 0.1) is 14.2 Å². The average molecular weight is 489 g/mol. The monoisotopic (exact) mass is 488 g/mol. The summed E-state index contributed by atoms with van der Waals surface area (Å²) >= 11 is 4.58. The summed E-state index contributed by atoms with van der Waals surface area (Å²) in [6.07, 6.45) is 1.11. The van der Waals surface area contributed by atoms with Crippen LogP contribution in [0.4, 0.5) is 0 Å². The van der Waals surface area contributed by atoms with Crippen molar-refractivity contribution in [2.45, 2.75) is 23.1 Å². The normalized spacial score (nSPS) is 15.5. The Hall–Kier alpha value is -1.62. The van der Waals surface area contributed by atoms with Gasteiger partial charge in [-0.2, -0.15) is 0 Å². The lowest BCUT2D eigenvalue weighted by atomic mass is 10.0. The minimum atomic E-state index is -3.50. The third-order valence-corrected chi connectivity index (χ3v) is 8.26. The van der Waals surface area contributed by atoms with Crippen molar-refractivity contribution < 1.29 is 22.7 Å². The van der Waals surface area contributed by atoms with Crippen LogP contribution in [0.25, 0.3) is 0 Å². The molecule has 0 spiro atoms. The van der Waals surface area contributed by atoms with Crippen molar-refractivity contribution in [2.24, 2.45) is 0 Å². The molecule has 1 aliphatic heterocycles. The second-order valence-electron chi connectivity index (χ2n) is 6.31. The molecule has 28 heavy (non-hydrogen) atoms. The van der Waals surface area contributed by atoms with E-state index in [2.05, 4.69) is 20.7 Å². The summed E-state index contributed by atoms with van der Waals surface area (Å²) in [5, 5.41) is 1.73. The molecule has 1 aliphatic rings. The van der Waals surface area contributed by atoms with Gasteiger partial charge in [0.15, 0.2) is 0 Å². The van der Waals surface area contributed by atoms with Gasteiger partial charge in [0.2, 0.25) is 10.0 Å². The van der Waals surface area contributed by atoms with Crippen molar-refractivity contribution in [2.75, 3.05) is 27.3 Å². The summed E-state index contributed by atoms with van der Waals surface area (Å²) in [7, 11) is -0.449. The molecule has 1 amide bonds. The third-order valence-electron chi connectivity index (χ3n) is 4.56. The highest BCUT2D eigenvalue weighted by molar-refractivity contribution is 9.10. The third kappa shape index (κ3) is 4.51. The molecule has 2 heterocycles. The second kappa shape index (κ2) is 8.81. The standard InChI is InChI=1S/C18H21BrN2O5S2/c1-25-14-10-12(11-15(26-2)17(14)19)18(22)21-7-5-13(6-8-21)20-28(23,24)16-4-3-9-27-16/h3-4,9-11,13,20H,5-8H2,1-2H3. The molecular weight excluding hydrogens is 468 g/mol. The molecule has 1 aromatic carbocycles. The van der Waals surface area contributed by atoms with Crippen molar-refractivity contribution in [3.05, 3.63) is 39.7 Å². The van der Waals surface area contributed by atoms with Crippen LogP contribution in [0.1, 0.15) is 23.2 Å². The van der Waals surface area contributed by atoms with Gasteiger partial charge in [0.25, 0.3) is 5.91 Å². The Kier molecular flexibility index (Phi) is 6.64. The zero-order valence-corrected chi connectivity index (χ0v) is 18.7. The first-order valence-corrected chi connectivity index (χ1v) is 11.8. The Morgan fingerprint density at radius 1 is 1.21 bits per heavy atom. The number of carbonyl (C=O) groups excluding carboxylic acids is 1. The Balaban J connectivity index is 1.66. The highest BCUT2D eigenvalue weighted by atomic mass is 79.9. The molecule has 0 aliphatic carbocycles. The number of halogens is 1. The molecule has 3 rings (SSSR count). The van der Waals surface area contributed by atoms with Gasteiger partial charge >= 0.3 is 0 Å².